The minimum absolute atomic E-state index is 0.532. The summed E-state index contributed by atoms with van der Waals surface area (Å²) in [6.07, 6.45) is 19.6. The molecule has 0 atom stereocenters. The maximum Gasteiger partial charge on any atom is 0.158 e. The predicted molar refractivity (Wildman–Crippen MR) is 331 cm³/mol. The van der Waals surface area contributed by atoms with Gasteiger partial charge in [-0.3, -0.25) is 4.99 Å². The molecule has 0 saturated heterocycles. The normalized spacial score (nSPS) is 14.6. The minimum atomic E-state index is -0.696. The highest BCUT2D eigenvalue weighted by molar-refractivity contribution is 6.13. The number of allylic oxidation sites excluding steroid dienone is 7. The molecule has 3 aliphatic carbocycles. The van der Waals surface area contributed by atoms with Crippen LogP contribution in [0.1, 0.15) is 76.4 Å². The molecule has 4 heteroatoms. The Morgan fingerprint density at radius 1 is 0.487 bits per heavy atom. The molecular formula is C74H59N3O. The fourth-order valence-corrected chi connectivity index (χ4v) is 12.3. The second kappa shape index (κ2) is 21.8. The lowest BCUT2D eigenvalue weighted by molar-refractivity contribution is 0.631. The van der Waals surface area contributed by atoms with E-state index in [1.807, 2.05) is 87.7 Å². The highest BCUT2D eigenvalue weighted by atomic mass is 16.3. The van der Waals surface area contributed by atoms with E-state index < -0.39 is 10.8 Å². The van der Waals surface area contributed by atoms with Gasteiger partial charge in [-0.25, -0.2) is 9.98 Å². The molecule has 0 aliphatic heterocycles. The number of amidine groups is 1. The fourth-order valence-electron chi connectivity index (χ4n) is 12.3. The van der Waals surface area contributed by atoms with E-state index in [0.29, 0.717) is 5.84 Å². The molecule has 0 amide bonds. The number of hydrogen-bond acceptors (Lipinski definition) is 3. The molecule has 0 N–H and O–H groups in total. The van der Waals surface area contributed by atoms with Crippen molar-refractivity contribution in [2.75, 3.05) is 0 Å². The first kappa shape index (κ1) is 50.4. The van der Waals surface area contributed by atoms with Crippen LogP contribution in [0.2, 0.25) is 0 Å². The molecule has 0 unspecified atom stereocenters. The molecule has 4 nitrogen and oxygen atoms in total. The van der Waals surface area contributed by atoms with Gasteiger partial charge < -0.3 is 4.42 Å². The molecule has 0 saturated carbocycles. The molecule has 0 radical (unpaired) electrons. The Morgan fingerprint density at radius 3 is 1.67 bits per heavy atom. The molecule has 10 aromatic rings. The summed E-state index contributed by atoms with van der Waals surface area (Å²) in [6.45, 7) is 16.6. The number of rotatable bonds is 7. The lowest BCUT2D eigenvalue weighted by Crippen LogP contribution is -2.43. The smallest absolute Gasteiger partial charge is 0.158 e. The molecule has 2 spiro atoms. The number of benzene rings is 9. The average molecular weight is 1010 g/mol. The molecule has 9 aromatic carbocycles. The van der Waals surface area contributed by atoms with Crippen molar-refractivity contribution in [3.05, 3.63) is 328 Å². The van der Waals surface area contributed by atoms with Gasteiger partial charge in [0.1, 0.15) is 11.2 Å². The number of nitrogens with zero attached hydrogens (tertiary/aromatic N) is 3. The van der Waals surface area contributed by atoms with Gasteiger partial charge in [0.25, 0.3) is 0 Å². The van der Waals surface area contributed by atoms with Crippen LogP contribution in [0.5, 0.6) is 0 Å². The summed E-state index contributed by atoms with van der Waals surface area (Å²) >= 11 is 0. The topological polar surface area (TPSA) is 50.2 Å². The van der Waals surface area contributed by atoms with Crippen LogP contribution >= 0.6 is 0 Å². The van der Waals surface area contributed by atoms with Gasteiger partial charge >= 0.3 is 0 Å². The van der Waals surface area contributed by atoms with Gasteiger partial charge in [0.15, 0.2) is 5.84 Å². The number of hydrogen-bond donors (Lipinski definition) is 0. The van der Waals surface area contributed by atoms with Crippen LogP contribution in [0.4, 0.5) is 0 Å². The van der Waals surface area contributed by atoms with Crippen molar-refractivity contribution in [2.45, 2.75) is 31.6 Å². The molecule has 0 fully saturated rings. The molecule has 376 valence electrons. The molecule has 1 heterocycles. The lowest BCUT2D eigenvalue weighted by atomic mass is 9.52. The van der Waals surface area contributed by atoms with Crippen LogP contribution in [0.3, 0.4) is 0 Å². The first-order valence-electron chi connectivity index (χ1n) is 26.5. The van der Waals surface area contributed by atoms with Crippen molar-refractivity contribution < 1.29 is 4.42 Å². The van der Waals surface area contributed by atoms with Crippen molar-refractivity contribution in [1.29, 1.82) is 0 Å². The summed E-state index contributed by atoms with van der Waals surface area (Å²) in [5, 5.41) is 4.67. The molecule has 78 heavy (non-hydrogen) atoms. The Labute approximate surface area is 457 Å². The molecule has 0 bridgehead atoms. The van der Waals surface area contributed by atoms with Crippen molar-refractivity contribution >= 4 is 58.9 Å². The predicted octanol–water partition coefficient (Wildman–Crippen LogP) is 16.9. The van der Waals surface area contributed by atoms with Crippen molar-refractivity contribution in [1.82, 2.24) is 0 Å². The Bertz CT molecular complexity index is 4160. The Hall–Kier alpha value is -9.77. The summed E-state index contributed by atoms with van der Waals surface area (Å²) in [6, 6.07) is 74.8. The first-order valence-corrected chi connectivity index (χ1v) is 26.5. The maximum atomic E-state index is 6.95. The van der Waals surface area contributed by atoms with E-state index in [1.165, 1.54) is 71.6 Å². The van der Waals surface area contributed by atoms with E-state index in [1.54, 1.807) is 12.3 Å². The first-order chi connectivity index (χ1) is 38.5. The third-order valence-electron chi connectivity index (χ3n) is 15.3. The van der Waals surface area contributed by atoms with Gasteiger partial charge in [-0.15, -0.1) is 6.58 Å². The molecule has 13 rings (SSSR count). The largest absolute Gasteiger partial charge is 0.455 e. The third-order valence-corrected chi connectivity index (χ3v) is 15.3. The summed E-state index contributed by atoms with van der Waals surface area (Å²) in [7, 11) is 0. The van der Waals surface area contributed by atoms with Gasteiger partial charge in [-0.2, -0.15) is 0 Å². The number of aliphatic imine (C=N–C) groups is 3. The second-order valence-corrected chi connectivity index (χ2v) is 19.4. The van der Waals surface area contributed by atoms with Gasteiger partial charge in [0.05, 0.1) is 10.8 Å². The van der Waals surface area contributed by atoms with Crippen LogP contribution in [-0.2, 0) is 10.8 Å². The maximum absolute atomic E-state index is 6.95. The van der Waals surface area contributed by atoms with E-state index in [2.05, 4.69) is 218 Å². The number of para-hydroxylation sites is 1. The van der Waals surface area contributed by atoms with Crippen LogP contribution in [0.25, 0.3) is 61.9 Å². The second-order valence-electron chi connectivity index (χ2n) is 19.4. The molecule has 3 aliphatic rings. The average Bonchev–Trinajstić information content (AvgIpc) is 2.19. The van der Waals surface area contributed by atoms with Crippen LogP contribution in [0, 0.1) is 0 Å². The zero-order valence-corrected chi connectivity index (χ0v) is 44.3. The van der Waals surface area contributed by atoms with Crippen LogP contribution in [0.15, 0.2) is 281 Å². The van der Waals surface area contributed by atoms with E-state index in [4.69, 9.17) is 9.41 Å². The van der Waals surface area contributed by atoms with Crippen LogP contribution in [-0.4, -0.2) is 19.3 Å². The summed E-state index contributed by atoms with van der Waals surface area (Å²) in [5.41, 5.74) is 18.6. The summed E-state index contributed by atoms with van der Waals surface area (Å²) in [5.74, 6) is 0.567. The summed E-state index contributed by atoms with van der Waals surface area (Å²) in [4.78, 5) is 12.9. The lowest BCUT2D eigenvalue weighted by Gasteiger charge is -2.48. The van der Waals surface area contributed by atoms with E-state index >= 15 is 0 Å². The Balaban J connectivity index is 0.000000351. The number of fused-ring (bicyclic) bond motifs is 20. The molecule has 1 aromatic heterocycles. The van der Waals surface area contributed by atoms with E-state index in [-0.39, 0.29) is 0 Å². The van der Waals surface area contributed by atoms with Crippen molar-refractivity contribution in [3.63, 3.8) is 0 Å². The third kappa shape index (κ3) is 8.21. The van der Waals surface area contributed by atoms with Gasteiger partial charge in [-0.1, -0.05) is 237 Å². The highest BCUT2D eigenvalue weighted by Gasteiger charge is 2.59. The standard InChI is InChI=1S/C59H40N2O.C12H13N.C3H6/c1-3-4-6-21-40(37-61-57(60-2)38-19-7-5-8-20-38)39-32-33-45-53(36-39)59(52-35-34-44-43-24-11-18-31-54(43)62-56(44)55(45)52)50-29-16-14-27-48(50)58(49-28-15-17-30-51(49)59)46-25-12-9-22-41(46)42-23-10-13-26-47(42)58;1-3-11-7-4-5-8-12(11)9-6-10-13-2;1-3-2/h3-37H,2H2,1H3;3-10H,2H2,1H3;3H,1H2,2H3/b4-3+,21-6-,40-37+,61-57?;10-6-,11-3+,12-9-;. The van der Waals surface area contributed by atoms with Crippen LogP contribution < -0.4 is 10.4 Å². The van der Waals surface area contributed by atoms with Gasteiger partial charge in [-0.05, 0) is 130 Å². The van der Waals surface area contributed by atoms with E-state index in [0.717, 1.165) is 44.2 Å². The minimum Gasteiger partial charge on any atom is -0.455 e. The van der Waals surface area contributed by atoms with E-state index in [9.17, 15) is 0 Å². The zero-order valence-electron chi connectivity index (χ0n) is 44.3. The number of furan rings is 1. The summed E-state index contributed by atoms with van der Waals surface area (Å²) < 4.78 is 6.95. The quantitative estimate of drug-likeness (QED) is 0.0679. The highest BCUT2D eigenvalue weighted by Crippen LogP contribution is 2.68. The fraction of sp³-hybridized carbons (Fsp3) is 0.0676. The Kier molecular flexibility index (Phi) is 14.1. The zero-order chi connectivity index (χ0) is 53.6. The monoisotopic (exact) mass is 1010 g/mol. The molecular weight excluding hydrogens is 947 g/mol. The Morgan fingerprint density at radius 2 is 1.05 bits per heavy atom. The van der Waals surface area contributed by atoms with Crippen molar-refractivity contribution in [3.8, 4) is 22.3 Å². The van der Waals surface area contributed by atoms with Crippen molar-refractivity contribution in [2.24, 2.45) is 15.0 Å². The SMILES string of the molecule is C=CC.C=NC(=N\C=C(/C=C\C=C\C)c1ccc2c(c1)C1(c3ccccc3C3(c4ccccc4-c4ccccc43)c3ccccc31)c1ccc3c(oc4ccccc43)c1-2)c1ccccc1.C=N\C=C/C=c1/cccc/c1=C\C. The van der Waals surface area contributed by atoms with Gasteiger partial charge in [0.2, 0.25) is 0 Å². The van der Waals surface area contributed by atoms with Gasteiger partial charge in [0, 0.05) is 39.9 Å².